The van der Waals surface area contributed by atoms with Crippen LogP contribution in [0.15, 0.2) is 24.3 Å². The molecule has 1 aromatic carbocycles. The third-order valence-electron chi connectivity index (χ3n) is 3.83. The maximum Gasteiger partial charge on any atom is 0.145 e. The SMILES string of the molecule is CN[C@H]1C[C@H](Oc2cccc(CCC(=O)C(C)S)c2)C1. The number of ether oxygens (including phenoxy) is 1. The molecule has 0 heterocycles. The van der Waals surface area contributed by atoms with Crippen molar-refractivity contribution in [3.63, 3.8) is 0 Å². The van der Waals surface area contributed by atoms with Gasteiger partial charge in [-0.25, -0.2) is 0 Å². The topological polar surface area (TPSA) is 38.3 Å². The highest BCUT2D eigenvalue weighted by Gasteiger charge is 2.29. The van der Waals surface area contributed by atoms with Gasteiger partial charge in [-0.2, -0.15) is 12.6 Å². The number of Topliss-reactive ketones (excluding diaryl/α,β-unsaturated/α-hetero) is 1. The monoisotopic (exact) mass is 293 g/mol. The van der Waals surface area contributed by atoms with Crippen LogP contribution >= 0.6 is 12.6 Å². The van der Waals surface area contributed by atoms with Gasteiger partial charge < -0.3 is 10.1 Å². The van der Waals surface area contributed by atoms with Crippen LogP contribution in [-0.4, -0.2) is 30.2 Å². The van der Waals surface area contributed by atoms with Gasteiger partial charge in [0.15, 0.2) is 0 Å². The lowest BCUT2D eigenvalue weighted by molar-refractivity contribution is -0.118. The number of carbonyl (C=O) groups excluding carboxylic acids is 1. The molecule has 1 N–H and O–H groups in total. The van der Waals surface area contributed by atoms with E-state index in [1.54, 1.807) is 0 Å². The van der Waals surface area contributed by atoms with E-state index in [9.17, 15) is 4.79 Å². The highest BCUT2D eigenvalue weighted by Crippen LogP contribution is 2.26. The zero-order valence-electron chi connectivity index (χ0n) is 12.1. The summed E-state index contributed by atoms with van der Waals surface area (Å²) in [6.45, 7) is 1.82. The van der Waals surface area contributed by atoms with Gasteiger partial charge in [0.05, 0.1) is 5.25 Å². The summed E-state index contributed by atoms with van der Waals surface area (Å²) in [6.07, 6.45) is 3.75. The second-order valence-electron chi connectivity index (χ2n) is 5.49. The number of hydrogen-bond acceptors (Lipinski definition) is 4. The average Bonchev–Trinajstić information content (AvgIpc) is 2.40. The summed E-state index contributed by atoms with van der Waals surface area (Å²) in [7, 11) is 1.99. The van der Waals surface area contributed by atoms with Crippen LogP contribution in [0.3, 0.4) is 0 Å². The van der Waals surface area contributed by atoms with Crippen LogP contribution in [0.5, 0.6) is 5.75 Å². The molecule has 4 heteroatoms. The Bertz CT molecular complexity index is 456. The fourth-order valence-corrected chi connectivity index (χ4v) is 2.47. The van der Waals surface area contributed by atoms with Crippen molar-refractivity contribution in [3.05, 3.63) is 29.8 Å². The molecule has 0 spiro atoms. The predicted molar refractivity (Wildman–Crippen MR) is 84.7 cm³/mol. The van der Waals surface area contributed by atoms with Gasteiger partial charge >= 0.3 is 0 Å². The summed E-state index contributed by atoms with van der Waals surface area (Å²) in [6, 6.07) is 8.66. The van der Waals surface area contributed by atoms with Gasteiger partial charge in [-0.15, -0.1) is 0 Å². The smallest absolute Gasteiger partial charge is 0.145 e. The largest absolute Gasteiger partial charge is 0.490 e. The van der Waals surface area contributed by atoms with E-state index >= 15 is 0 Å². The summed E-state index contributed by atoms with van der Waals surface area (Å²) in [5.41, 5.74) is 1.15. The molecule has 3 nitrogen and oxygen atoms in total. The third kappa shape index (κ3) is 4.25. The highest BCUT2D eigenvalue weighted by atomic mass is 32.1. The molecular formula is C16H23NO2S. The number of thiol groups is 1. The fourth-order valence-electron chi connectivity index (χ4n) is 2.34. The molecule has 2 rings (SSSR count). The van der Waals surface area contributed by atoms with E-state index in [1.165, 1.54) is 0 Å². The van der Waals surface area contributed by atoms with Crippen LogP contribution in [0, 0.1) is 0 Å². The van der Waals surface area contributed by atoms with Gasteiger partial charge in [-0.3, -0.25) is 4.79 Å². The Morgan fingerprint density at radius 1 is 1.50 bits per heavy atom. The minimum absolute atomic E-state index is 0.178. The van der Waals surface area contributed by atoms with E-state index in [1.807, 2.05) is 38.2 Å². The highest BCUT2D eigenvalue weighted by molar-refractivity contribution is 7.81. The van der Waals surface area contributed by atoms with E-state index in [-0.39, 0.29) is 11.0 Å². The van der Waals surface area contributed by atoms with Crippen molar-refractivity contribution in [1.29, 1.82) is 0 Å². The van der Waals surface area contributed by atoms with E-state index in [4.69, 9.17) is 4.74 Å². The molecule has 1 aliphatic rings. The molecule has 1 unspecified atom stereocenters. The molecule has 0 aromatic heterocycles. The van der Waals surface area contributed by atoms with Crippen LogP contribution in [0.4, 0.5) is 0 Å². The summed E-state index contributed by atoms with van der Waals surface area (Å²) in [5, 5.41) is 3.07. The number of aryl methyl sites for hydroxylation is 1. The average molecular weight is 293 g/mol. The summed E-state index contributed by atoms with van der Waals surface area (Å²) >= 11 is 4.16. The summed E-state index contributed by atoms with van der Waals surface area (Å²) in [4.78, 5) is 11.6. The van der Waals surface area contributed by atoms with Crippen LogP contribution in [-0.2, 0) is 11.2 Å². The molecule has 0 aliphatic heterocycles. The Labute approximate surface area is 126 Å². The van der Waals surface area contributed by atoms with Gasteiger partial charge in [0, 0.05) is 12.5 Å². The Balaban J connectivity index is 1.83. The van der Waals surface area contributed by atoms with Gasteiger partial charge in [-0.05, 0) is 50.9 Å². The van der Waals surface area contributed by atoms with Crippen molar-refractivity contribution in [1.82, 2.24) is 5.32 Å². The lowest BCUT2D eigenvalue weighted by Gasteiger charge is -2.35. The second-order valence-corrected chi connectivity index (χ2v) is 6.26. The van der Waals surface area contributed by atoms with Crippen molar-refractivity contribution >= 4 is 18.4 Å². The fraction of sp³-hybridized carbons (Fsp3) is 0.562. The van der Waals surface area contributed by atoms with Gasteiger partial charge in [-0.1, -0.05) is 12.1 Å². The predicted octanol–water partition coefficient (Wildman–Crippen LogP) is 2.64. The van der Waals surface area contributed by atoms with E-state index in [0.717, 1.165) is 30.6 Å². The Hall–Kier alpha value is -1.00. The maximum absolute atomic E-state index is 11.6. The quantitative estimate of drug-likeness (QED) is 0.759. The van der Waals surface area contributed by atoms with Crippen LogP contribution < -0.4 is 10.1 Å². The van der Waals surface area contributed by atoms with Crippen molar-refractivity contribution in [2.75, 3.05) is 7.05 Å². The standard InChI is InChI=1S/C16H23NO2S/c1-11(20)16(18)7-6-12-4-3-5-14(8-12)19-15-9-13(10-15)17-2/h3-5,8,11,13,15,17,20H,6-7,9-10H2,1-2H3/t11?,13-,15-. The van der Waals surface area contributed by atoms with E-state index in [2.05, 4.69) is 17.9 Å². The molecule has 0 saturated heterocycles. The number of rotatable bonds is 7. The molecule has 0 bridgehead atoms. The number of ketones is 1. The Morgan fingerprint density at radius 3 is 2.90 bits per heavy atom. The van der Waals surface area contributed by atoms with Crippen LogP contribution in [0.1, 0.15) is 31.7 Å². The molecule has 0 amide bonds. The molecule has 0 radical (unpaired) electrons. The first kappa shape index (κ1) is 15.4. The zero-order valence-corrected chi connectivity index (χ0v) is 13.0. The van der Waals surface area contributed by atoms with E-state index < -0.39 is 0 Å². The van der Waals surface area contributed by atoms with Crippen molar-refractivity contribution in [2.24, 2.45) is 0 Å². The molecule has 1 saturated carbocycles. The second kappa shape index (κ2) is 7.14. The lowest BCUT2D eigenvalue weighted by atomic mass is 9.89. The molecule has 1 fully saturated rings. The number of nitrogens with one attached hydrogen (secondary N) is 1. The molecule has 1 aliphatic carbocycles. The maximum atomic E-state index is 11.6. The number of benzene rings is 1. The molecule has 1 aromatic rings. The zero-order chi connectivity index (χ0) is 14.5. The van der Waals surface area contributed by atoms with Crippen molar-refractivity contribution in [2.45, 2.75) is 50.0 Å². The minimum atomic E-state index is -0.178. The van der Waals surface area contributed by atoms with Crippen molar-refractivity contribution in [3.8, 4) is 5.75 Å². The first-order valence-corrected chi connectivity index (χ1v) is 7.73. The molecule has 1 atom stereocenters. The molecular weight excluding hydrogens is 270 g/mol. The summed E-state index contributed by atoms with van der Waals surface area (Å²) in [5.74, 6) is 1.10. The van der Waals surface area contributed by atoms with Crippen LogP contribution in [0.2, 0.25) is 0 Å². The van der Waals surface area contributed by atoms with Crippen LogP contribution in [0.25, 0.3) is 0 Å². The van der Waals surface area contributed by atoms with Gasteiger partial charge in [0.1, 0.15) is 17.6 Å². The first-order valence-electron chi connectivity index (χ1n) is 7.22. The number of carbonyl (C=O) groups is 1. The molecule has 110 valence electrons. The normalized spacial score (nSPS) is 22.9. The molecule has 20 heavy (non-hydrogen) atoms. The Morgan fingerprint density at radius 2 is 2.25 bits per heavy atom. The van der Waals surface area contributed by atoms with Crippen molar-refractivity contribution < 1.29 is 9.53 Å². The summed E-state index contributed by atoms with van der Waals surface area (Å²) < 4.78 is 5.94. The lowest BCUT2D eigenvalue weighted by Crippen LogP contribution is -2.45. The minimum Gasteiger partial charge on any atom is -0.490 e. The van der Waals surface area contributed by atoms with E-state index in [0.29, 0.717) is 18.6 Å². The third-order valence-corrected chi connectivity index (χ3v) is 4.12. The first-order chi connectivity index (χ1) is 9.58. The van der Waals surface area contributed by atoms with Gasteiger partial charge in [0.25, 0.3) is 0 Å². The number of hydrogen-bond donors (Lipinski definition) is 2. The Kier molecular flexibility index (Phi) is 5.49. The van der Waals surface area contributed by atoms with Gasteiger partial charge in [0.2, 0.25) is 0 Å².